The predicted octanol–water partition coefficient (Wildman–Crippen LogP) is 4.11. The molecule has 0 aliphatic carbocycles. The second kappa shape index (κ2) is 6.53. The molecule has 0 spiro atoms. The van der Waals surface area contributed by atoms with E-state index in [0.717, 1.165) is 41.5 Å². The first-order valence-electron chi connectivity index (χ1n) is 7.90. The lowest BCUT2D eigenvalue weighted by Gasteiger charge is -2.36. The Hall–Kier alpha value is -0.800. The number of nitrogens with zero attached hydrogens (tertiary/aromatic N) is 2. The SMILES string of the molecule is CC1CC(C)CN(c2ccc(Cl)c(CNC(C)(C)C)n2)C1. The van der Waals surface area contributed by atoms with Crippen molar-refractivity contribution >= 4 is 17.4 Å². The van der Waals surface area contributed by atoms with Gasteiger partial charge in [0.15, 0.2) is 0 Å². The van der Waals surface area contributed by atoms with E-state index in [2.05, 4.69) is 44.8 Å². The molecule has 0 amide bonds. The molecule has 3 nitrogen and oxygen atoms in total. The van der Waals surface area contributed by atoms with E-state index in [1.807, 2.05) is 12.1 Å². The first-order valence-corrected chi connectivity index (χ1v) is 8.28. The smallest absolute Gasteiger partial charge is 0.128 e. The number of hydrogen-bond donors (Lipinski definition) is 1. The van der Waals surface area contributed by atoms with Crippen molar-refractivity contribution in [2.24, 2.45) is 11.8 Å². The number of pyridine rings is 1. The fraction of sp³-hybridized carbons (Fsp3) is 0.706. The van der Waals surface area contributed by atoms with Crippen molar-refractivity contribution < 1.29 is 0 Å². The van der Waals surface area contributed by atoms with Gasteiger partial charge in [0.2, 0.25) is 0 Å². The molecule has 1 saturated heterocycles. The van der Waals surface area contributed by atoms with Crippen LogP contribution in [-0.2, 0) is 6.54 Å². The highest BCUT2D eigenvalue weighted by Crippen LogP contribution is 2.27. The van der Waals surface area contributed by atoms with E-state index in [4.69, 9.17) is 16.6 Å². The Morgan fingerprint density at radius 2 is 1.86 bits per heavy atom. The van der Waals surface area contributed by atoms with Crippen molar-refractivity contribution in [3.8, 4) is 0 Å². The molecule has 4 heteroatoms. The zero-order valence-corrected chi connectivity index (χ0v) is 14.7. The Morgan fingerprint density at radius 1 is 1.24 bits per heavy atom. The molecule has 118 valence electrons. The Labute approximate surface area is 134 Å². The zero-order valence-electron chi connectivity index (χ0n) is 13.9. The van der Waals surface area contributed by atoms with Crippen molar-refractivity contribution in [1.29, 1.82) is 0 Å². The van der Waals surface area contributed by atoms with Crippen molar-refractivity contribution in [3.05, 3.63) is 22.8 Å². The van der Waals surface area contributed by atoms with Gasteiger partial charge in [0, 0.05) is 25.2 Å². The summed E-state index contributed by atoms with van der Waals surface area (Å²) in [6.45, 7) is 14.0. The van der Waals surface area contributed by atoms with Crippen LogP contribution in [0.3, 0.4) is 0 Å². The normalized spacial score (nSPS) is 23.4. The van der Waals surface area contributed by atoms with Gasteiger partial charge in [-0.2, -0.15) is 0 Å². The van der Waals surface area contributed by atoms with E-state index >= 15 is 0 Å². The van der Waals surface area contributed by atoms with Crippen molar-refractivity contribution in [3.63, 3.8) is 0 Å². The van der Waals surface area contributed by atoms with Gasteiger partial charge in [-0.05, 0) is 51.2 Å². The molecule has 1 aliphatic heterocycles. The number of piperidine rings is 1. The van der Waals surface area contributed by atoms with Crippen LogP contribution >= 0.6 is 11.6 Å². The van der Waals surface area contributed by atoms with Gasteiger partial charge in [0.25, 0.3) is 0 Å². The standard InChI is InChI=1S/C17H28ClN3/c1-12-8-13(2)11-21(10-12)16-7-6-14(18)15(20-16)9-19-17(3,4)5/h6-7,12-13,19H,8-11H2,1-5H3. The minimum Gasteiger partial charge on any atom is -0.356 e. The summed E-state index contributed by atoms with van der Waals surface area (Å²) in [6.07, 6.45) is 1.31. The van der Waals surface area contributed by atoms with Gasteiger partial charge in [-0.15, -0.1) is 0 Å². The molecule has 1 aromatic heterocycles. The third kappa shape index (κ3) is 4.86. The summed E-state index contributed by atoms with van der Waals surface area (Å²) >= 11 is 6.30. The first kappa shape index (κ1) is 16.6. The molecule has 0 bridgehead atoms. The highest BCUT2D eigenvalue weighted by Gasteiger charge is 2.23. The van der Waals surface area contributed by atoms with Gasteiger partial charge >= 0.3 is 0 Å². The molecule has 0 saturated carbocycles. The Morgan fingerprint density at radius 3 is 2.43 bits per heavy atom. The molecule has 2 rings (SSSR count). The van der Waals surface area contributed by atoms with Crippen LogP contribution in [0.2, 0.25) is 5.02 Å². The summed E-state index contributed by atoms with van der Waals surface area (Å²) in [4.78, 5) is 7.20. The number of rotatable bonds is 3. The van der Waals surface area contributed by atoms with E-state index in [-0.39, 0.29) is 5.54 Å². The number of hydrogen-bond acceptors (Lipinski definition) is 3. The van der Waals surface area contributed by atoms with Crippen LogP contribution in [-0.4, -0.2) is 23.6 Å². The predicted molar refractivity (Wildman–Crippen MR) is 91.0 cm³/mol. The maximum atomic E-state index is 6.30. The van der Waals surface area contributed by atoms with Crippen LogP contribution in [0, 0.1) is 11.8 Å². The van der Waals surface area contributed by atoms with Crippen LogP contribution < -0.4 is 10.2 Å². The number of anilines is 1. The molecule has 1 fully saturated rings. The van der Waals surface area contributed by atoms with Crippen LogP contribution in [0.25, 0.3) is 0 Å². The maximum absolute atomic E-state index is 6.30. The second-order valence-electron chi connectivity index (χ2n) is 7.55. The first-order chi connectivity index (χ1) is 9.74. The maximum Gasteiger partial charge on any atom is 0.128 e. The van der Waals surface area contributed by atoms with Gasteiger partial charge in [0.1, 0.15) is 5.82 Å². The summed E-state index contributed by atoms with van der Waals surface area (Å²) in [5.74, 6) is 2.51. The number of nitrogens with one attached hydrogen (secondary N) is 1. The average Bonchev–Trinajstić information content (AvgIpc) is 2.35. The van der Waals surface area contributed by atoms with Gasteiger partial charge in [-0.1, -0.05) is 25.4 Å². The fourth-order valence-corrected chi connectivity index (χ4v) is 3.14. The Kier molecular flexibility index (Phi) is 5.15. The van der Waals surface area contributed by atoms with E-state index < -0.39 is 0 Å². The van der Waals surface area contributed by atoms with Gasteiger partial charge in [-0.3, -0.25) is 0 Å². The molecule has 2 heterocycles. The highest BCUT2D eigenvalue weighted by atomic mass is 35.5. The van der Waals surface area contributed by atoms with E-state index in [0.29, 0.717) is 6.54 Å². The molecule has 1 aliphatic rings. The van der Waals surface area contributed by atoms with Crippen LogP contribution in [0.5, 0.6) is 0 Å². The van der Waals surface area contributed by atoms with Gasteiger partial charge < -0.3 is 10.2 Å². The van der Waals surface area contributed by atoms with Crippen molar-refractivity contribution in [2.75, 3.05) is 18.0 Å². The molecular formula is C17H28ClN3. The van der Waals surface area contributed by atoms with Crippen LogP contribution in [0.15, 0.2) is 12.1 Å². The summed E-state index contributed by atoms with van der Waals surface area (Å²) in [6, 6.07) is 4.03. The number of aromatic nitrogens is 1. The highest BCUT2D eigenvalue weighted by molar-refractivity contribution is 6.31. The molecular weight excluding hydrogens is 282 g/mol. The summed E-state index contributed by atoms with van der Waals surface area (Å²) in [7, 11) is 0. The van der Waals surface area contributed by atoms with Crippen LogP contribution in [0.4, 0.5) is 5.82 Å². The molecule has 1 aromatic rings. The Bertz CT molecular complexity index is 471. The van der Waals surface area contributed by atoms with Gasteiger partial charge in [-0.25, -0.2) is 4.98 Å². The van der Waals surface area contributed by atoms with Gasteiger partial charge in [0.05, 0.1) is 10.7 Å². The van der Waals surface area contributed by atoms with Crippen molar-refractivity contribution in [2.45, 2.75) is 53.1 Å². The van der Waals surface area contributed by atoms with Crippen LogP contribution in [0.1, 0.15) is 46.7 Å². The monoisotopic (exact) mass is 309 g/mol. The molecule has 1 N–H and O–H groups in total. The summed E-state index contributed by atoms with van der Waals surface area (Å²) in [5, 5.41) is 4.21. The van der Waals surface area contributed by atoms with E-state index in [9.17, 15) is 0 Å². The topological polar surface area (TPSA) is 28.2 Å². The third-order valence-electron chi connectivity index (χ3n) is 3.88. The zero-order chi connectivity index (χ0) is 15.6. The van der Waals surface area contributed by atoms with E-state index in [1.54, 1.807) is 0 Å². The minimum atomic E-state index is 0.0646. The molecule has 2 atom stereocenters. The summed E-state index contributed by atoms with van der Waals surface area (Å²) in [5.41, 5.74) is 1.00. The lowest BCUT2D eigenvalue weighted by Crippen LogP contribution is -2.39. The van der Waals surface area contributed by atoms with E-state index in [1.165, 1.54) is 6.42 Å². The molecule has 21 heavy (non-hydrogen) atoms. The third-order valence-corrected chi connectivity index (χ3v) is 4.23. The minimum absolute atomic E-state index is 0.0646. The second-order valence-corrected chi connectivity index (χ2v) is 7.96. The average molecular weight is 310 g/mol. The molecule has 2 unspecified atom stereocenters. The fourth-order valence-electron chi connectivity index (χ4n) is 2.97. The Balaban J connectivity index is 2.14. The lowest BCUT2D eigenvalue weighted by atomic mass is 9.92. The number of halogens is 1. The molecule has 0 aromatic carbocycles. The molecule has 0 radical (unpaired) electrons. The lowest BCUT2D eigenvalue weighted by molar-refractivity contribution is 0.355. The van der Waals surface area contributed by atoms with Crippen molar-refractivity contribution in [1.82, 2.24) is 10.3 Å². The quantitative estimate of drug-likeness (QED) is 0.911. The largest absolute Gasteiger partial charge is 0.356 e. The summed E-state index contributed by atoms with van der Waals surface area (Å²) < 4.78 is 0.